The average molecular weight is 357 g/mol. The van der Waals surface area contributed by atoms with Crippen molar-refractivity contribution in [3.63, 3.8) is 0 Å². The number of nitrogens with one attached hydrogen (secondary N) is 2. The summed E-state index contributed by atoms with van der Waals surface area (Å²) in [4.78, 5) is 3.85. The zero-order chi connectivity index (χ0) is 14.6. The number of sulfonamides is 1. The zero-order valence-corrected chi connectivity index (χ0v) is 12.8. The van der Waals surface area contributed by atoms with Crippen molar-refractivity contribution >= 4 is 31.6 Å². The van der Waals surface area contributed by atoms with Crippen molar-refractivity contribution in [2.45, 2.75) is 11.6 Å². The molecular weight excluding hydrogens is 344 g/mol. The number of rotatable bonds is 5. The highest BCUT2D eigenvalue weighted by Crippen LogP contribution is 2.17. The van der Waals surface area contributed by atoms with E-state index >= 15 is 0 Å². The van der Waals surface area contributed by atoms with Gasteiger partial charge in [-0.3, -0.25) is 5.84 Å². The number of hydrogen-bond donors (Lipinski definition) is 3. The van der Waals surface area contributed by atoms with Gasteiger partial charge in [-0.2, -0.15) is 0 Å². The van der Waals surface area contributed by atoms with E-state index in [1.165, 1.54) is 6.20 Å². The number of nitrogens with zero attached hydrogens (tertiary/aromatic N) is 1. The third kappa shape index (κ3) is 3.54. The molecule has 4 N–H and O–H groups in total. The Bertz CT molecular complexity index is 706. The molecule has 0 saturated heterocycles. The topological polar surface area (TPSA) is 97.1 Å². The van der Waals surface area contributed by atoms with E-state index in [0.717, 1.165) is 10.0 Å². The Morgan fingerprint density at radius 2 is 2.05 bits per heavy atom. The largest absolute Gasteiger partial charge is 0.321 e. The predicted molar refractivity (Wildman–Crippen MR) is 80.2 cm³/mol. The highest BCUT2D eigenvalue weighted by atomic mass is 79.9. The monoisotopic (exact) mass is 356 g/mol. The Balaban J connectivity index is 2.19. The molecule has 20 heavy (non-hydrogen) atoms. The molecule has 0 aliphatic rings. The first-order valence-corrected chi connectivity index (χ1v) is 7.96. The van der Waals surface area contributed by atoms with E-state index < -0.39 is 10.0 Å². The van der Waals surface area contributed by atoms with E-state index in [0.29, 0.717) is 0 Å². The number of hydrogen-bond acceptors (Lipinski definition) is 5. The maximum Gasteiger partial charge on any atom is 0.260 e. The highest BCUT2D eigenvalue weighted by molar-refractivity contribution is 9.10. The quantitative estimate of drug-likeness (QED) is 0.558. The fourth-order valence-corrected chi connectivity index (χ4v) is 3.16. The SMILES string of the molecule is NNc1cccnc1S(=O)(=O)NCc1cccc(Br)c1. The van der Waals surface area contributed by atoms with Crippen LogP contribution in [-0.2, 0) is 16.6 Å². The van der Waals surface area contributed by atoms with Crippen molar-refractivity contribution in [1.82, 2.24) is 9.71 Å². The number of benzene rings is 1. The fraction of sp³-hybridized carbons (Fsp3) is 0.0833. The van der Waals surface area contributed by atoms with E-state index in [2.05, 4.69) is 31.1 Å². The maximum atomic E-state index is 12.2. The van der Waals surface area contributed by atoms with Crippen molar-refractivity contribution in [3.05, 3.63) is 52.6 Å². The van der Waals surface area contributed by atoms with Crippen molar-refractivity contribution < 1.29 is 8.42 Å². The summed E-state index contributed by atoms with van der Waals surface area (Å²) in [5.74, 6) is 5.29. The molecule has 2 rings (SSSR count). The number of pyridine rings is 1. The van der Waals surface area contributed by atoms with Gasteiger partial charge in [-0.05, 0) is 29.8 Å². The summed E-state index contributed by atoms with van der Waals surface area (Å²) in [6.45, 7) is 0.169. The lowest BCUT2D eigenvalue weighted by Crippen LogP contribution is -2.26. The number of nitrogen functional groups attached to an aromatic ring is 1. The molecule has 6 nitrogen and oxygen atoms in total. The van der Waals surface area contributed by atoms with Crippen LogP contribution in [0.25, 0.3) is 0 Å². The Morgan fingerprint density at radius 1 is 1.25 bits per heavy atom. The normalized spacial score (nSPS) is 11.3. The van der Waals surface area contributed by atoms with Gasteiger partial charge < -0.3 is 5.43 Å². The lowest BCUT2D eigenvalue weighted by atomic mass is 10.2. The van der Waals surface area contributed by atoms with Crippen LogP contribution in [0.15, 0.2) is 52.1 Å². The third-order valence-corrected chi connectivity index (χ3v) is 4.39. The fourth-order valence-electron chi connectivity index (χ4n) is 1.61. The number of nitrogens with two attached hydrogens (primary N) is 1. The van der Waals surface area contributed by atoms with Crippen molar-refractivity contribution in [2.24, 2.45) is 5.84 Å². The van der Waals surface area contributed by atoms with Crippen LogP contribution in [0.5, 0.6) is 0 Å². The lowest BCUT2D eigenvalue weighted by molar-refractivity contribution is 0.578. The Hall–Kier alpha value is -1.48. The number of halogens is 1. The second-order valence-electron chi connectivity index (χ2n) is 3.95. The van der Waals surface area contributed by atoms with E-state index in [1.54, 1.807) is 12.1 Å². The smallest absolute Gasteiger partial charge is 0.260 e. The minimum Gasteiger partial charge on any atom is -0.321 e. The molecule has 0 fully saturated rings. The van der Waals surface area contributed by atoms with E-state index in [4.69, 9.17) is 5.84 Å². The molecule has 1 heterocycles. The Kier molecular flexibility index (Phi) is 4.71. The summed E-state index contributed by atoms with van der Waals surface area (Å²) < 4.78 is 27.8. The van der Waals surface area contributed by atoms with Gasteiger partial charge >= 0.3 is 0 Å². The van der Waals surface area contributed by atoms with Crippen LogP contribution in [0.1, 0.15) is 5.56 Å². The van der Waals surface area contributed by atoms with Crippen LogP contribution in [0.2, 0.25) is 0 Å². The molecule has 0 bridgehead atoms. The van der Waals surface area contributed by atoms with Gasteiger partial charge in [0.2, 0.25) is 0 Å². The van der Waals surface area contributed by atoms with Crippen LogP contribution in [-0.4, -0.2) is 13.4 Å². The molecule has 1 aromatic heterocycles. The van der Waals surface area contributed by atoms with Gasteiger partial charge in [0.25, 0.3) is 10.0 Å². The van der Waals surface area contributed by atoms with Gasteiger partial charge in [-0.1, -0.05) is 28.1 Å². The lowest BCUT2D eigenvalue weighted by Gasteiger charge is -2.10. The number of hydrazine groups is 1. The van der Waals surface area contributed by atoms with Gasteiger partial charge in [0.15, 0.2) is 5.03 Å². The van der Waals surface area contributed by atoms with Crippen LogP contribution in [0, 0.1) is 0 Å². The van der Waals surface area contributed by atoms with Crippen molar-refractivity contribution in [2.75, 3.05) is 5.43 Å². The summed E-state index contributed by atoms with van der Waals surface area (Å²) in [6, 6.07) is 10.5. The van der Waals surface area contributed by atoms with Crippen LogP contribution in [0.3, 0.4) is 0 Å². The first-order valence-electron chi connectivity index (χ1n) is 5.68. The van der Waals surface area contributed by atoms with Gasteiger partial charge in [0, 0.05) is 17.2 Å². The molecule has 0 aliphatic carbocycles. The van der Waals surface area contributed by atoms with Crippen molar-refractivity contribution in [3.8, 4) is 0 Å². The van der Waals surface area contributed by atoms with Crippen LogP contribution in [0.4, 0.5) is 5.69 Å². The molecule has 0 spiro atoms. The molecule has 8 heteroatoms. The predicted octanol–water partition coefficient (Wildman–Crippen LogP) is 1.61. The van der Waals surface area contributed by atoms with E-state index in [9.17, 15) is 8.42 Å². The average Bonchev–Trinajstić information content (AvgIpc) is 2.45. The second-order valence-corrected chi connectivity index (χ2v) is 6.55. The van der Waals surface area contributed by atoms with E-state index in [1.807, 2.05) is 24.3 Å². The van der Waals surface area contributed by atoms with Crippen molar-refractivity contribution in [1.29, 1.82) is 0 Å². The van der Waals surface area contributed by atoms with E-state index in [-0.39, 0.29) is 17.3 Å². The molecule has 106 valence electrons. The molecular formula is C12H13BrN4O2S. The first-order chi connectivity index (χ1) is 9.53. The maximum absolute atomic E-state index is 12.2. The Morgan fingerprint density at radius 3 is 2.75 bits per heavy atom. The van der Waals surface area contributed by atoms with Crippen LogP contribution < -0.4 is 16.0 Å². The highest BCUT2D eigenvalue weighted by Gasteiger charge is 2.19. The molecule has 0 saturated carbocycles. The Labute approximate surface area is 125 Å². The molecule has 0 radical (unpaired) electrons. The van der Waals surface area contributed by atoms with Gasteiger partial charge in [0.05, 0.1) is 5.69 Å². The summed E-state index contributed by atoms with van der Waals surface area (Å²) in [7, 11) is -3.73. The summed E-state index contributed by atoms with van der Waals surface area (Å²) in [5, 5.41) is -0.127. The second kappa shape index (κ2) is 6.31. The number of aromatic nitrogens is 1. The summed E-state index contributed by atoms with van der Waals surface area (Å²) in [5.41, 5.74) is 3.40. The standard InChI is InChI=1S/C12H13BrN4O2S/c13-10-4-1-3-9(7-10)8-16-20(18,19)12-11(17-14)5-2-6-15-12/h1-7,16-17H,8,14H2. The third-order valence-electron chi connectivity index (χ3n) is 2.54. The summed E-state index contributed by atoms with van der Waals surface area (Å²) in [6.07, 6.45) is 1.40. The van der Waals surface area contributed by atoms with Gasteiger partial charge in [0.1, 0.15) is 0 Å². The number of anilines is 1. The van der Waals surface area contributed by atoms with Gasteiger partial charge in [-0.15, -0.1) is 0 Å². The molecule has 0 aliphatic heterocycles. The molecule has 0 unspecified atom stereocenters. The molecule has 1 aromatic carbocycles. The minimum atomic E-state index is -3.73. The van der Waals surface area contributed by atoms with Gasteiger partial charge in [-0.25, -0.2) is 18.1 Å². The zero-order valence-electron chi connectivity index (χ0n) is 10.4. The minimum absolute atomic E-state index is 0.127. The molecule has 2 aromatic rings. The summed E-state index contributed by atoms with van der Waals surface area (Å²) >= 11 is 3.33. The molecule has 0 amide bonds. The van der Waals surface area contributed by atoms with Crippen LogP contribution >= 0.6 is 15.9 Å². The first kappa shape index (κ1) is 14.9. The molecule has 0 atom stereocenters.